The average molecular weight is 1600 g/mol. The lowest BCUT2D eigenvalue weighted by Crippen LogP contribution is -2.40. The smallest absolute Gasteiger partial charge is 0.381 e. The number of H-pyrrole nitrogens is 1. The third-order valence-corrected chi connectivity index (χ3v) is 15.9. The number of ether oxygens (including phenoxy) is 1. The van der Waals surface area contributed by atoms with Crippen molar-refractivity contribution < 1.29 is 91.9 Å². The van der Waals surface area contributed by atoms with Crippen LogP contribution in [0.1, 0.15) is 72.2 Å². The monoisotopic (exact) mass is 1590 g/mol. The number of hydrogen-bond acceptors (Lipinski definition) is 11. The summed E-state index contributed by atoms with van der Waals surface area (Å²) in [7, 11) is 0. The molecule has 0 radical (unpaired) electrons. The molecule has 1 fully saturated rings. The van der Waals surface area contributed by atoms with Crippen LogP contribution in [0.5, 0.6) is 0 Å². The molecule has 0 aliphatic carbocycles. The van der Waals surface area contributed by atoms with Crippen LogP contribution in [0.2, 0.25) is 0 Å². The number of aromatic amines is 1. The lowest BCUT2D eigenvalue weighted by atomic mass is 9.94. The molecule has 7 aromatic rings. The number of Topliss-reactive ketones (excluding diaryl/α,β-unsaturated/α-hetero) is 4. The zero-order chi connectivity index (χ0) is 71.9. The van der Waals surface area contributed by atoms with E-state index in [0.717, 1.165) is 53.1 Å². The van der Waals surface area contributed by atoms with Crippen LogP contribution in [-0.2, 0) is 87.4 Å². The van der Waals surface area contributed by atoms with Gasteiger partial charge in [0.25, 0.3) is 0 Å². The number of nitrogens with one attached hydrogen (secondary N) is 1. The van der Waals surface area contributed by atoms with Crippen molar-refractivity contribution in [1.29, 1.82) is 0 Å². The highest BCUT2D eigenvalue weighted by Gasteiger charge is 2.47. The van der Waals surface area contributed by atoms with Crippen molar-refractivity contribution in [2.45, 2.75) is 114 Å². The quantitative estimate of drug-likeness (QED) is 0.0290. The number of imidazole rings is 3. The molecule has 4 aromatic carbocycles. The fourth-order valence-electron chi connectivity index (χ4n) is 7.86. The van der Waals surface area contributed by atoms with Crippen molar-refractivity contribution in [3.8, 4) is 0 Å². The maximum atomic E-state index is 13.0. The van der Waals surface area contributed by atoms with Crippen LogP contribution in [0.4, 0.5) is 75.4 Å². The minimum atomic E-state index is -4.69. The number of hydrogen-bond donors (Lipinski definition) is 4. The van der Waals surface area contributed by atoms with Crippen LogP contribution < -0.4 is 0 Å². The van der Waals surface area contributed by atoms with Crippen molar-refractivity contribution in [3.63, 3.8) is 0 Å². The number of aliphatic hydroxyl groups is 3. The molecule has 4 atom stereocenters. The predicted octanol–water partition coefficient (Wildman–Crippen LogP) is 15.4. The molecule has 1 aliphatic heterocycles. The van der Waals surface area contributed by atoms with E-state index < -0.39 is 109 Å². The van der Waals surface area contributed by atoms with Gasteiger partial charge in [-0.1, -0.05) is 88.7 Å². The summed E-state index contributed by atoms with van der Waals surface area (Å²) < 4.78 is 164. The van der Waals surface area contributed by atoms with E-state index in [4.69, 9.17) is 31.0 Å². The fourth-order valence-corrected chi connectivity index (χ4v) is 9.08. The molecular formula is C61H50Br4F12N10O8. The molecule has 0 bridgehead atoms. The zero-order valence-corrected chi connectivity index (χ0v) is 55.8. The van der Waals surface area contributed by atoms with Gasteiger partial charge < -0.3 is 34.2 Å². The number of halogens is 16. The second-order valence-electron chi connectivity index (χ2n) is 21.3. The van der Waals surface area contributed by atoms with Crippen LogP contribution in [0.25, 0.3) is 19.4 Å². The predicted molar refractivity (Wildman–Crippen MR) is 332 cm³/mol. The first-order valence-electron chi connectivity index (χ1n) is 26.6. The summed E-state index contributed by atoms with van der Waals surface area (Å²) in [6.07, 6.45) is -10.7. The second-order valence-corrected chi connectivity index (χ2v) is 24.4. The van der Waals surface area contributed by atoms with Gasteiger partial charge in [0.1, 0.15) is 36.2 Å². The van der Waals surface area contributed by atoms with Gasteiger partial charge in [0.05, 0.1) is 99.6 Å². The highest BCUT2D eigenvalue weighted by atomic mass is 79.9. The summed E-state index contributed by atoms with van der Waals surface area (Å²) in [6.45, 7) is 32.6. The molecule has 8 rings (SSSR count). The molecule has 0 unspecified atom stereocenters. The molecule has 1 aliphatic rings. The van der Waals surface area contributed by atoms with E-state index in [1.807, 2.05) is 0 Å². The summed E-state index contributed by atoms with van der Waals surface area (Å²) >= 11 is 12.5. The van der Waals surface area contributed by atoms with Crippen LogP contribution >= 0.6 is 63.7 Å². The molecule has 0 saturated carbocycles. The standard InChI is InChI=1S/2C16H13BrF3N3O2.C13H11BrF3NO2.C13H10F3NO2.C3H3BrN2/c1-15(25,8-23-7-14(17)22-9-23)13(24)6-10-3-4-12(21-2)11(5-10)16(18,19)20;1-15(25,8-23-9-22-7-14(23)17)13(24)6-10-3-4-12(21-2)11(5-10)16(18,19)20;1-12(20,7-14)11(19)6-8-3-4-10(18-2)9(5-8)13(15,16)17;1-12(7-19-12)11(18)6-8-3-4-10(17-2)9(5-8)13(14,15)16;4-3-1-5-2-6-3/h2*3-5,7,9,25H,6,8H2,1H3;3-5,20H,6-7H2,1H3;3-5H,6-7H2,1H3;1-2H,(H,5,6)/t2*15-;2*12-;/m0000./s1. The Bertz CT molecular complexity index is 4060. The number of nitrogens with zero attached hydrogens (tertiary/aromatic N) is 9. The van der Waals surface area contributed by atoms with Gasteiger partial charge in [0.2, 0.25) is 0 Å². The SMILES string of the molecule is Brc1cnc[nH]1.[C-]#[N+]c1ccc(CC(=O)[C@@](C)(O)CBr)cc1C(F)(F)F.[C-]#[N+]c1ccc(CC(=O)[C@@](C)(O)Cn2cnc(Br)c2)cc1C(F)(F)F.[C-]#[N+]c1ccc(CC(=O)[C@@](C)(O)Cn2cncc2Br)cc1C(F)(F)F.[C-]#[N+]c1ccc(CC(=O)[C@]2(C)CO2)cc1C(F)(F)F. The second kappa shape index (κ2) is 32.7. The van der Waals surface area contributed by atoms with Gasteiger partial charge in [0, 0.05) is 37.2 Å². The van der Waals surface area contributed by atoms with E-state index in [2.05, 4.69) is 103 Å². The molecule has 4 heterocycles. The largest absolute Gasteiger partial charge is 0.407 e. The Morgan fingerprint density at radius 1 is 0.568 bits per heavy atom. The third kappa shape index (κ3) is 23.7. The van der Waals surface area contributed by atoms with Crippen LogP contribution in [0.15, 0.2) is 124 Å². The maximum Gasteiger partial charge on any atom is 0.407 e. The molecule has 504 valence electrons. The average Bonchev–Trinajstić information content (AvgIpc) is 1.78. The number of carbonyl (C=O) groups excluding carboxylic acids is 4. The Morgan fingerprint density at radius 3 is 1.19 bits per heavy atom. The Hall–Kier alpha value is -7.93. The highest BCUT2D eigenvalue weighted by Crippen LogP contribution is 2.41. The lowest BCUT2D eigenvalue weighted by molar-refractivity contribution is -0.138. The summed E-state index contributed by atoms with van der Waals surface area (Å²) in [6, 6.07) is 12.6. The zero-order valence-electron chi connectivity index (χ0n) is 49.5. The van der Waals surface area contributed by atoms with Gasteiger partial charge in [-0.05, 0) is 97.7 Å². The van der Waals surface area contributed by atoms with Gasteiger partial charge >= 0.3 is 24.7 Å². The van der Waals surface area contributed by atoms with Crippen molar-refractivity contribution in [2.75, 3.05) is 11.9 Å². The Morgan fingerprint density at radius 2 is 0.926 bits per heavy atom. The molecule has 0 amide bonds. The fraction of sp³-hybridized carbons (Fsp3) is 0.328. The summed E-state index contributed by atoms with van der Waals surface area (Å²) in [5.74, 6) is -2.13. The number of benzene rings is 4. The van der Waals surface area contributed by atoms with E-state index in [1.54, 1.807) is 25.6 Å². The van der Waals surface area contributed by atoms with E-state index in [-0.39, 0.29) is 72.1 Å². The number of rotatable bonds is 17. The molecule has 4 N–H and O–H groups in total. The first-order chi connectivity index (χ1) is 43.8. The third-order valence-electron chi connectivity index (χ3n) is 13.3. The van der Waals surface area contributed by atoms with Crippen molar-refractivity contribution in [1.82, 2.24) is 29.1 Å². The number of carbonyl (C=O) groups is 4. The Kier molecular flexibility index (Phi) is 27.3. The highest BCUT2D eigenvalue weighted by molar-refractivity contribution is 9.11. The molecule has 1 saturated heterocycles. The van der Waals surface area contributed by atoms with E-state index in [9.17, 15) is 87.2 Å². The van der Waals surface area contributed by atoms with Crippen molar-refractivity contribution in [2.24, 2.45) is 0 Å². The molecule has 34 heteroatoms. The summed E-state index contributed by atoms with van der Waals surface area (Å²) in [5, 5.41) is 30.4. The molecular weight excluding hydrogens is 1550 g/mol. The first kappa shape index (κ1) is 79.5. The first-order valence-corrected chi connectivity index (χ1v) is 30.1. The van der Waals surface area contributed by atoms with E-state index in [1.165, 1.54) is 73.0 Å². The van der Waals surface area contributed by atoms with Gasteiger partial charge in [-0.15, -0.1) is 0 Å². The molecule has 0 spiro atoms. The van der Waals surface area contributed by atoms with Gasteiger partial charge in [-0.2, -0.15) is 52.7 Å². The van der Waals surface area contributed by atoms with Gasteiger partial charge in [-0.25, -0.2) is 34.3 Å². The number of alkyl halides is 13. The number of epoxide rings is 1. The normalized spacial score (nSPS) is 15.3. The lowest BCUT2D eigenvalue weighted by Gasteiger charge is -2.23. The van der Waals surface area contributed by atoms with E-state index in [0.29, 0.717) is 15.8 Å². The van der Waals surface area contributed by atoms with Crippen LogP contribution in [-0.4, -0.2) is 102 Å². The Labute approximate surface area is 567 Å². The molecule has 95 heavy (non-hydrogen) atoms. The summed E-state index contributed by atoms with van der Waals surface area (Å²) in [4.78, 5) is 73.8. The summed E-state index contributed by atoms with van der Waals surface area (Å²) in [5.41, 5.74) is -11.9. The maximum absolute atomic E-state index is 13.0. The van der Waals surface area contributed by atoms with Gasteiger partial charge in [-0.3, -0.25) is 19.2 Å². The minimum absolute atomic E-state index is 0.00883. The van der Waals surface area contributed by atoms with E-state index >= 15 is 0 Å². The van der Waals surface area contributed by atoms with Crippen molar-refractivity contribution in [3.05, 3.63) is 214 Å². The minimum Gasteiger partial charge on any atom is -0.381 e. The Balaban J connectivity index is 0.000000263. The number of aromatic nitrogens is 6. The van der Waals surface area contributed by atoms with Crippen molar-refractivity contribution >= 4 is 110 Å². The van der Waals surface area contributed by atoms with Gasteiger partial charge in [0.15, 0.2) is 45.9 Å². The van der Waals surface area contributed by atoms with Crippen LogP contribution in [0.3, 0.4) is 0 Å². The molecule has 3 aromatic heterocycles. The molecule has 18 nitrogen and oxygen atoms in total. The van der Waals surface area contributed by atoms with Crippen LogP contribution in [0, 0.1) is 26.3 Å². The number of ketones is 4. The topological polar surface area (TPSA) is 223 Å².